The number of unbranched alkanes of at least 4 members (excludes halogenated alkanes) is 10. The third-order valence-electron chi connectivity index (χ3n) is 3.89. The van der Waals surface area contributed by atoms with E-state index >= 15 is 0 Å². The molecule has 0 N–H and O–H groups in total. The Morgan fingerprint density at radius 2 is 1.00 bits per heavy atom. The zero-order valence-corrected chi connectivity index (χ0v) is 14.8. The van der Waals surface area contributed by atoms with Gasteiger partial charge in [0.05, 0.1) is 22.4 Å². The fourth-order valence-electron chi connectivity index (χ4n) is 2.54. The molecule has 0 unspecified atom stereocenters. The Morgan fingerprint density at radius 3 is 1.37 bits per heavy atom. The molecule has 0 aliphatic heterocycles. The minimum atomic E-state index is 0.442. The van der Waals surface area contributed by atoms with Crippen LogP contribution in [0.1, 0.15) is 104 Å². The van der Waals surface area contributed by atoms with Crippen LogP contribution < -0.4 is 0 Å². The topological polar surface area (TPSA) is 9.23 Å². The van der Waals surface area contributed by atoms with Crippen LogP contribution in [0.25, 0.3) is 0 Å². The van der Waals surface area contributed by atoms with E-state index in [-0.39, 0.29) is 0 Å². The van der Waals surface area contributed by atoms with Gasteiger partial charge in [0.2, 0.25) is 0 Å². The summed E-state index contributed by atoms with van der Waals surface area (Å²) in [5, 5.41) is 0. The second-order valence-electron chi connectivity index (χ2n) is 5.82. The molecule has 0 aromatic heterocycles. The molecule has 0 heterocycles. The Labute approximate surface area is 130 Å². The summed E-state index contributed by atoms with van der Waals surface area (Å²) in [6, 6.07) is 0. The van der Waals surface area contributed by atoms with E-state index in [0.29, 0.717) is 6.10 Å². The van der Waals surface area contributed by atoms with Gasteiger partial charge in [0, 0.05) is 0 Å². The quantitative estimate of drug-likeness (QED) is 0.288. The van der Waals surface area contributed by atoms with Gasteiger partial charge >= 0.3 is 0 Å². The van der Waals surface area contributed by atoms with Crippen LogP contribution in [-0.2, 0) is 3.83 Å². The van der Waals surface area contributed by atoms with E-state index in [9.17, 15) is 0 Å². The highest BCUT2D eigenvalue weighted by molar-refractivity contribution is 9.06. The van der Waals surface area contributed by atoms with Crippen LogP contribution in [-0.4, -0.2) is 6.10 Å². The summed E-state index contributed by atoms with van der Waals surface area (Å²) in [5.74, 6) is 0. The van der Waals surface area contributed by atoms with Gasteiger partial charge in [-0.05, 0) is 12.8 Å². The standard InChI is InChI=1S/C17H35BrO/c1-3-5-7-9-11-13-15-17(19-18)16-14-12-10-8-6-4-2/h17H,3-16H2,1-2H3. The number of hydrogen-bond acceptors (Lipinski definition) is 1. The van der Waals surface area contributed by atoms with Crippen molar-refractivity contribution in [2.24, 2.45) is 0 Å². The van der Waals surface area contributed by atoms with Gasteiger partial charge in [-0.3, -0.25) is 0 Å². The fourth-order valence-corrected chi connectivity index (χ4v) is 2.91. The van der Waals surface area contributed by atoms with Gasteiger partial charge in [-0.2, -0.15) is 0 Å². The first-order chi connectivity index (χ1) is 9.35. The summed E-state index contributed by atoms with van der Waals surface area (Å²) in [4.78, 5) is 0. The van der Waals surface area contributed by atoms with E-state index in [0.717, 1.165) is 0 Å². The molecule has 0 saturated carbocycles. The molecule has 0 atom stereocenters. The van der Waals surface area contributed by atoms with Gasteiger partial charge in [0.25, 0.3) is 0 Å². The summed E-state index contributed by atoms with van der Waals surface area (Å²) < 4.78 is 5.42. The first-order valence-electron chi connectivity index (χ1n) is 8.62. The molecule has 0 aromatic rings. The number of halogens is 1. The minimum absolute atomic E-state index is 0.442. The van der Waals surface area contributed by atoms with E-state index < -0.39 is 0 Å². The lowest BCUT2D eigenvalue weighted by atomic mass is 10.0. The van der Waals surface area contributed by atoms with Crippen molar-refractivity contribution in [2.45, 2.75) is 110 Å². The van der Waals surface area contributed by atoms with Gasteiger partial charge in [0.1, 0.15) is 0 Å². The summed E-state index contributed by atoms with van der Waals surface area (Å²) >= 11 is 3.20. The molecule has 0 bridgehead atoms. The van der Waals surface area contributed by atoms with E-state index in [1.807, 2.05) is 0 Å². The Kier molecular flexibility index (Phi) is 16.9. The molecule has 0 amide bonds. The Balaban J connectivity index is 3.30. The largest absolute Gasteiger partial charge is 0.305 e. The van der Waals surface area contributed by atoms with Crippen molar-refractivity contribution < 1.29 is 3.83 Å². The lowest BCUT2D eigenvalue weighted by Crippen LogP contribution is -2.07. The third-order valence-corrected chi connectivity index (χ3v) is 4.41. The normalized spacial score (nSPS) is 11.4. The molecular formula is C17H35BrO. The zero-order valence-electron chi connectivity index (χ0n) is 13.3. The third kappa shape index (κ3) is 14.7. The van der Waals surface area contributed by atoms with Crippen LogP contribution in [0.5, 0.6) is 0 Å². The maximum atomic E-state index is 5.42. The van der Waals surface area contributed by atoms with Crippen molar-refractivity contribution in [1.82, 2.24) is 0 Å². The molecular weight excluding hydrogens is 300 g/mol. The van der Waals surface area contributed by atoms with Crippen molar-refractivity contribution in [3.63, 3.8) is 0 Å². The predicted molar refractivity (Wildman–Crippen MR) is 89.8 cm³/mol. The smallest absolute Gasteiger partial charge is 0.0990 e. The molecule has 2 heteroatoms. The second-order valence-corrected chi connectivity index (χ2v) is 6.20. The molecule has 0 rings (SSSR count). The Morgan fingerprint density at radius 1 is 0.632 bits per heavy atom. The molecule has 0 aromatic carbocycles. The monoisotopic (exact) mass is 334 g/mol. The molecule has 0 radical (unpaired) electrons. The molecule has 0 aliphatic carbocycles. The van der Waals surface area contributed by atoms with E-state index in [2.05, 4.69) is 30.1 Å². The average Bonchev–Trinajstić information content (AvgIpc) is 2.44. The van der Waals surface area contributed by atoms with Crippen molar-refractivity contribution >= 4 is 16.3 Å². The first kappa shape index (κ1) is 19.4. The molecule has 0 aliphatic rings. The summed E-state index contributed by atoms with van der Waals surface area (Å²) in [6.45, 7) is 4.55. The van der Waals surface area contributed by atoms with Crippen LogP contribution in [0.4, 0.5) is 0 Å². The molecule has 116 valence electrons. The SMILES string of the molecule is CCCCCCCCC(CCCCCCCC)OBr. The average molecular weight is 335 g/mol. The second kappa shape index (κ2) is 16.5. The number of hydrogen-bond donors (Lipinski definition) is 0. The molecule has 0 fully saturated rings. The van der Waals surface area contributed by atoms with Gasteiger partial charge in [0.15, 0.2) is 0 Å². The fraction of sp³-hybridized carbons (Fsp3) is 1.00. The Hall–Kier alpha value is 0.440. The van der Waals surface area contributed by atoms with Crippen molar-refractivity contribution in [3.05, 3.63) is 0 Å². The van der Waals surface area contributed by atoms with Crippen molar-refractivity contribution in [2.75, 3.05) is 0 Å². The maximum Gasteiger partial charge on any atom is 0.0990 e. The van der Waals surface area contributed by atoms with Crippen LogP contribution in [0.3, 0.4) is 0 Å². The summed E-state index contributed by atoms with van der Waals surface area (Å²) in [7, 11) is 0. The highest BCUT2D eigenvalue weighted by Gasteiger charge is 2.07. The first-order valence-corrected chi connectivity index (χ1v) is 9.27. The highest BCUT2D eigenvalue weighted by Crippen LogP contribution is 2.18. The summed E-state index contributed by atoms with van der Waals surface area (Å²) in [5.41, 5.74) is 0. The highest BCUT2D eigenvalue weighted by atomic mass is 79.9. The molecule has 1 nitrogen and oxygen atoms in total. The van der Waals surface area contributed by atoms with Gasteiger partial charge in [-0.15, -0.1) is 0 Å². The molecule has 0 spiro atoms. The summed E-state index contributed by atoms with van der Waals surface area (Å²) in [6.07, 6.45) is 19.4. The van der Waals surface area contributed by atoms with E-state index in [4.69, 9.17) is 3.83 Å². The van der Waals surface area contributed by atoms with E-state index in [1.54, 1.807) is 0 Å². The number of rotatable bonds is 15. The zero-order chi connectivity index (χ0) is 14.2. The molecule has 19 heavy (non-hydrogen) atoms. The predicted octanol–water partition coefficient (Wildman–Crippen LogP) is 7.18. The maximum absolute atomic E-state index is 5.42. The molecule has 0 saturated heterocycles. The van der Waals surface area contributed by atoms with Crippen LogP contribution >= 0.6 is 16.3 Å². The minimum Gasteiger partial charge on any atom is -0.305 e. The van der Waals surface area contributed by atoms with Crippen LogP contribution in [0.15, 0.2) is 0 Å². The van der Waals surface area contributed by atoms with Crippen LogP contribution in [0, 0.1) is 0 Å². The van der Waals surface area contributed by atoms with Gasteiger partial charge in [-0.25, -0.2) is 0 Å². The van der Waals surface area contributed by atoms with Crippen molar-refractivity contribution in [3.8, 4) is 0 Å². The van der Waals surface area contributed by atoms with Crippen molar-refractivity contribution in [1.29, 1.82) is 0 Å². The lowest BCUT2D eigenvalue weighted by Gasteiger charge is -2.13. The lowest BCUT2D eigenvalue weighted by molar-refractivity contribution is 0.220. The van der Waals surface area contributed by atoms with Gasteiger partial charge < -0.3 is 3.83 Å². The van der Waals surface area contributed by atoms with Crippen LogP contribution in [0.2, 0.25) is 0 Å². The van der Waals surface area contributed by atoms with E-state index in [1.165, 1.54) is 89.9 Å². The Bertz CT molecular complexity index is 145. The van der Waals surface area contributed by atoms with Gasteiger partial charge in [-0.1, -0.05) is 90.9 Å².